The largest absolute Gasteiger partial charge is 0.309 e. The molecule has 0 fully saturated rings. The quantitative estimate of drug-likeness (QED) is 0.809. The Morgan fingerprint density at radius 3 is 2.74 bits per heavy atom. The van der Waals surface area contributed by atoms with E-state index in [1.54, 1.807) is 0 Å². The van der Waals surface area contributed by atoms with Crippen LogP contribution in [-0.2, 0) is 0 Å². The molecule has 0 aliphatic heterocycles. The van der Waals surface area contributed by atoms with Gasteiger partial charge in [-0.25, -0.2) is 0 Å². The maximum Gasteiger partial charge on any atom is 0.0430 e. The summed E-state index contributed by atoms with van der Waals surface area (Å²) in [6, 6.07) is 13.0. The van der Waals surface area contributed by atoms with Crippen LogP contribution in [0.3, 0.4) is 0 Å². The molecule has 2 rings (SSSR count). The normalized spacial score (nSPS) is 12.3. The van der Waals surface area contributed by atoms with Crippen molar-refractivity contribution in [1.29, 1.82) is 0 Å². The van der Waals surface area contributed by atoms with Crippen LogP contribution in [0.4, 0.5) is 0 Å². The van der Waals surface area contributed by atoms with Gasteiger partial charge in [0.15, 0.2) is 0 Å². The van der Waals surface area contributed by atoms with Gasteiger partial charge in [-0.05, 0) is 36.7 Å². The second kappa shape index (κ2) is 7.31. The third-order valence-corrected chi connectivity index (χ3v) is 4.31. The van der Waals surface area contributed by atoms with Gasteiger partial charge in [0.25, 0.3) is 0 Å². The van der Waals surface area contributed by atoms with Crippen molar-refractivity contribution in [2.75, 3.05) is 12.3 Å². The first kappa shape index (κ1) is 14.1. The maximum absolute atomic E-state index is 4.21. The van der Waals surface area contributed by atoms with Gasteiger partial charge in [0.1, 0.15) is 0 Å². The molecule has 0 spiro atoms. The Balaban J connectivity index is 2.04. The standard InChI is InChI=1S/C16H20N2S/c1-3-18-15(14-8-6-10-17-11-14)12-19-16-9-5-4-7-13(16)2/h4-11,15,18H,3,12H2,1-2H3. The number of hydrogen-bond donors (Lipinski definition) is 1. The molecule has 100 valence electrons. The molecule has 0 aliphatic carbocycles. The van der Waals surface area contributed by atoms with Crippen LogP contribution in [-0.4, -0.2) is 17.3 Å². The second-order valence-electron chi connectivity index (χ2n) is 4.47. The molecule has 1 heterocycles. The predicted molar refractivity (Wildman–Crippen MR) is 82.6 cm³/mol. The van der Waals surface area contributed by atoms with Gasteiger partial charge < -0.3 is 5.32 Å². The summed E-state index contributed by atoms with van der Waals surface area (Å²) in [7, 11) is 0. The van der Waals surface area contributed by atoms with Gasteiger partial charge in [0.05, 0.1) is 0 Å². The number of aromatic nitrogens is 1. The van der Waals surface area contributed by atoms with E-state index in [0.717, 1.165) is 12.3 Å². The van der Waals surface area contributed by atoms with Gasteiger partial charge in [0, 0.05) is 29.1 Å². The molecule has 1 N–H and O–H groups in total. The van der Waals surface area contributed by atoms with Crippen LogP contribution in [0.25, 0.3) is 0 Å². The first-order chi connectivity index (χ1) is 9.31. The van der Waals surface area contributed by atoms with E-state index in [1.165, 1.54) is 16.0 Å². The van der Waals surface area contributed by atoms with Crippen molar-refractivity contribution < 1.29 is 0 Å². The molecular formula is C16H20N2S. The average Bonchev–Trinajstić information content (AvgIpc) is 2.46. The molecule has 0 radical (unpaired) electrons. The van der Waals surface area contributed by atoms with Crippen LogP contribution in [0, 0.1) is 6.92 Å². The molecule has 0 saturated carbocycles. The number of benzene rings is 1. The summed E-state index contributed by atoms with van der Waals surface area (Å²) < 4.78 is 0. The van der Waals surface area contributed by atoms with Crippen molar-refractivity contribution in [3.63, 3.8) is 0 Å². The Bertz CT molecular complexity index is 499. The maximum atomic E-state index is 4.21. The van der Waals surface area contributed by atoms with Gasteiger partial charge in [-0.15, -0.1) is 11.8 Å². The van der Waals surface area contributed by atoms with Crippen molar-refractivity contribution in [2.24, 2.45) is 0 Å². The average molecular weight is 272 g/mol. The third-order valence-electron chi connectivity index (χ3n) is 3.04. The molecule has 0 aliphatic rings. The molecule has 0 saturated heterocycles. The van der Waals surface area contributed by atoms with Crippen LogP contribution in [0.2, 0.25) is 0 Å². The van der Waals surface area contributed by atoms with E-state index >= 15 is 0 Å². The molecular weight excluding hydrogens is 252 g/mol. The Morgan fingerprint density at radius 1 is 1.21 bits per heavy atom. The summed E-state index contributed by atoms with van der Waals surface area (Å²) >= 11 is 1.90. The summed E-state index contributed by atoms with van der Waals surface area (Å²) in [6.07, 6.45) is 3.77. The van der Waals surface area contributed by atoms with Crippen LogP contribution in [0.1, 0.15) is 24.1 Å². The fraction of sp³-hybridized carbons (Fsp3) is 0.312. The fourth-order valence-corrected chi connectivity index (χ4v) is 3.12. The molecule has 1 aromatic carbocycles. The smallest absolute Gasteiger partial charge is 0.0430 e. The zero-order valence-corrected chi connectivity index (χ0v) is 12.3. The van der Waals surface area contributed by atoms with Crippen molar-refractivity contribution in [3.05, 3.63) is 59.9 Å². The van der Waals surface area contributed by atoms with E-state index < -0.39 is 0 Å². The molecule has 1 aromatic heterocycles. The van der Waals surface area contributed by atoms with Crippen molar-refractivity contribution in [2.45, 2.75) is 24.8 Å². The molecule has 2 nitrogen and oxygen atoms in total. The van der Waals surface area contributed by atoms with Crippen molar-refractivity contribution in [3.8, 4) is 0 Å². The Morgan fingerprint density at radius 2 is 2.05 bits per heavy atom. The highest BCUT2D eigenvalue weighted by atomic mass is 32.2. The predicted octanol–water partition coefficient (Wildman–Crippen LogP) is 3.83. The monoisotopic (exact) mass is 272 g/mol. The topological polar surface area (TPSA) is 24.9 Å². The zero-order chi connectivity index (χ0) is 13.5. The van der Waals surface area contributed by atoms with E-state index in [1.807, 2.05) is 30.2 Å². The lowest BCUT2D eigenvalue weighted by molar-refractivity contribution is 0.604. The fourth-order valence-electron chi connectivity index (χ4n) is 1.99. The van der Waals surface area contributed by atoms with Crippen LogP contribution in [0.5, 0.6) is 0 Å². The number of rotatable bonds is 6. The molecule has 2 aromatic rings. The molecule has 0 bridgehead atoms. The van der Waals surface area contributed by atoms with Gasteiger partial charge in [-0.2, -0.15) is 0 Å². The van der Waals surface area contributed by atoms with E-state index in [-0.39, 0.29) is 0 Å². The lowest BCUT2D eigenvalue weighted by atomic mass is 10.1. The Kier molecular flexibility index (Phi) is 5.43. The SMILES string of the molecule is CCNC(CSc1ccccc1C)c1cccnc1. The van der Waals surface area contributed by atoms with Crippen molar-refractivity contribution in [1.82, 2.24) is 10.3 Å². The second-order valence-corrected chi connectivity index (χ2v) is 5.53. The Labute approximate surface area is 119 Å². The number of aryl methyl sites for hydroxylation is 1. The number of thioether (sulfide) groups is 1. The summed E-state index contributed by atoms with van der Waals surface area (Å²) in [4.78, 5) is 5.57. The van der Waals surface area contributed by atoms with E-state index in [4.69, 9.17) is 0 Å². The van der Waals surface area contributed by atoms with E-state index in [0.29, 0.717) is 6.04 Å². The van der Waals surface area contributed by atoms with Gasteiger partial charge in [-0.3, -0.25) is 4.98 Å². The van der Waals surface area contributed by atoms with Crippen LogP contribution in [0.15, 0.2) is 53.7 Å². The molecule has 1 atom stereocenters. The summed E-state index contributed by atoms with van der Waals surface area (Å²) in [5, 5.41) is 3.53. The van der Waals surface area contributed by atoms with Crippen molar-refractivity contribution >= 4 is 11.8 Å². The van der Waals surface area contributed by atoms with Crippen LogP contribution < -0.4 is 5.32 Å². The summed E-state index contributed by atoms with van der Waals surface area (Å²) in [5.41, 5.74) is 2.60. The molecule has 1 unspecified atom stereocenters. The molecule has 0 amide bonds. The van der Waals surface area contributed by atoms with E-state index in [9.17, 15) is 0 Å². The highest BCUT2D eigenvalue weighted by Crippen LogP contribution is 2.26. The third kappa shape index (κ3) is 4.08. The minimum atomic E-state index is 0.350. The highest BCUT2D eigenvalue weighted by molar-refractivity contribution is 7.99. The number of pyridine rings is 1. The first-order valence-corrected chi connectivity index (χ1v) is 7.61. The van der Waals surface area contributed by atoms with Crippen LogP contribution >= 0.6 is 11.8 Å². The summed E-state index contributed by atoms with van der Waals surface area (Å²) in [6.45, 7) is 5.27. The van der Waals surface area contributed by atoms with Gasteiger partial charge in [0.2, 0.25) is 0 Å². The number of hydrogen-bond acceptors (Lipinski definition) is 3. The number of nitrogens with zero attached hydrogens (tertiary/aromatic N) is 1. The zero-order valence-electron chi connectivity index (χ0n) is 11.5. The minimum Gasteiger partial charge on any atom is -0.309 e. The van der Waals surface area contributed by atoms with Gasteiger partial charge >= 0.3 is 0 Å². The molecule has 19 heavy (non-hydrogen) atoms. The Hall–Kier alpha value is -1.32. The van der Waals surface area contributed by atoms with Gasteiger partial charge in [-0.1, -0.05) is 31.2 Å². The van der Waals surface area contributed by atoms with E-state index in [2.05, 4.69) is 54.5 Å². The lowest BCUT2D eigenvalue weighted by Crippen LogP contribution is -2.23. The molecule has 3 heteroatoms. The number of nitrogens with one attached hydrogen (secondary N) is 1. The first-order valence-electron chi connectivity index (χ1n) is 6.63. The lowest BCUT2D eigenvalue weighted by Gasteiger charge is -2.18. The summed E-state index contributed by atoms with van der Waals surface area (Å²) in [5.74, 6) is 1.02. The minimum absolute atomic E-state index is 0.350. The highest BCUT2D eigenvalue weighted by Gasteiger charge is 2.11.